The van der Waals surface area contributed by atoms with Gasteiger partial charge in [-0.05, 0) is 73.9 Å². The molecule has 1 saturated heterocycles. The Morgan fingerprint density at radius 2 is 1.77 bits per heavy atom. The Hall–Kier alpha value is -5.03. The number of nitrogens with one attached hydrogen (secondary N) is 2. The van der Waals surface area contributed by atoms with E-state index in [1.165, 1.54) is 37.5 Å². The van der Waals surface area contributed by atoms with Crippen molar-refractivity contribution >= 4 is 52.8 Å². The van der Waals surface area contributed by atoms with Crippen molar-refractivity contribution in [2.75, 3.05) is 37.1 Å². The average Bonchev–Trinajstić information content (AvgIpc) is 2.98. The summed E-state index contributed by atoms with van der Waals surface area (Å²) in [5, 5.41) is 5.02. The van der Waals surface area contributed by atoms with Gasteiger partial charge in [-0.2, -0.15) is 0 Å². The second kappa shape index (κ2) is 14.4. The quantitative estimate of drug-likeness (QED) is 0.199. The Bertz CT molecular complexity index is 1620. The van der Waals surface area contributed by atoms with Crippen molar-refractivity contribution in [2.24, 2.45) is 0 Å². The zero-order valence-electron chi connectivity index (χ0n) is 24.7. The molecule has 0 bridgehead atoms. The molecule has 4 rings (SSSR count). The number of imide groups is 2. The Morgan fingerprint density at radius 3 is 2.48 bits per heavy atom. The minimum Gasteiger partial charge on any atom is -0.493 e. The van der Waals surface area contributed by atoms with Gasteiger partial charge in [-0.1, -0.05) is 30.7 Å². The van der Waals surface area contributed by atoms with E-state index in [4.69, 9.17) is 30.5 Å². The number of amides is 5. The van der Waals surface area contributed by atoms with Crippen LogP contribution < -0.4 is 34.5 Å². The van der Waals surface area contributed by atoms with Gasteiger partial charge in [0.25, 0.3) is 17.7 Å². The number of aryl methyl sites for hydroxylation is 1. The van der Waals surface area contributed by atoms with E-state index < -0.39 is 23.8 Å². The highest BCUT2D eigenvalue weighted by Crippen LogP contribution is 2.38. The summed E-state index contributed by atoms with van der Waals surface area (Å²) in [6.45, 7) is 5.97. The summed E-state index contributed by atoms with van der Waals surface area (Å²) < 4.78 is 22.4. The van der Waals surface area contributed by atoms with Gasteiger partial charge in [0.2, 0.25) is 0 Å². The molecule has 0 saturated carbocycles. The van der Waals surface area contributed by atoms with E-state index in [1.54, 1.807) is 19.1 Å². The number of carbonyl (C=O) groups excluding carboxylic acids is 4. The molecule has 0 aromatic heterocycles. The number of ether oxygens (including phenoxy) is 4. The lowest BCUT2D eigenvalue weighted by Crippen LogP contribution is -2.54. The third kappa shape index (κ3) is 7.48. The van der Waals surface area contributed by atoms with Crippen LogP contribution in [0, 0.1) is 6.92 Å². The Balaban J connectivity index is 1.59. The number of nitrogens with zero attached hydrogens (tertiary/aromatic N) is 1. The van der Waals surface area contributed by atoms with Crippen LogP contribution in [0.1, 0.15) is 31.4 Å². The molecule has 44 heavy (non-hydrogen) atoms. The van der Waals surface area contributed by atoms with Gasteiger partial charge in [-0.3, -0.25) is 19.7 Å². The van der Waals surface area contributed by atoms with E-state index in [9.17, 15) is 19.2 Å². The lowest BCUT2D eigenvalue weighted by atomic mass is 10.1. The maximum absolute atomic E-state index is 13.5. The minimum absolute atomic E-state index is 0.0789. The highest BCUT2D eigenvalue weighted by Gasteiger charge is 2.37. The van der Waals surface area contributed by atoms with Gasteiger partial charge in [0.1, 0.15) is 5.57 Å². The monoisotopic (exact) mass is 621 g/mol. The molecule has 1 aliphatic rings. The lowest BCUT2D eigenvalue weighted by molar-refractivity contribution is -0.122. The highest BCUT2D eigenvalue weighted by atomic mass is 35.5. The summed E-state index contributed by atoms with van der Waals surface area (Å²) in [5.74, 6) is -1.07. The largest absolute Gasteiger partial charge is 0.493 e. The number of hydrogen-bond donors (Lipinski definition) is 2. The second-order valence-corrected chi connectivity index (χ2v) is 10.0. The van der Waals surface area contributed by atoms with Gasteiger partial charge < -0.3 is 24.3 Å². The first kappa shape index (κ1) is 31.9. The van der Waals surface area contributed by atoms with E-state index in [0.717, 1.165) is 16.9 Å². The lowest BCUT2D eigenvalue weighted by Gasteiger charge is -2.27. The van der Waals surface area contributed by atoms with Crippen LogP contribution in [-0.4, -0.2) is 50.7 Å². The Morgan fingerprint density at radius 1 is 0.977 bits per heavy atom. The number of barbiturate groups is 1. The molecule has 11 nitrogen and oxygen atoms in total. The predicted octanol–water partition coefficient (Wildman–Crippen LogP) is 5.53. The van der Waals surface area contributed by atoms with Crippen LogP contribution in [0.2, 0.25) is 5.02 Å². The van der Waals surface area contributed by atoms with Crippen molar-refractivity contribution in [2.45, 2.75) is 27.2 Å². The van der Waals surface area contributed by atoms with Crippen LogP contribution in [0.3, 0.4) is 0 Å². The molecule has 0 unspecified atom stereocenters. The number of carbonyl (C=O) groups is 4. The molecule has 0 aliphatic carbocycles. The summed E-state index contributed by atoms with van der Waals surface area (Å²) in [7, 11) is 1.44. The van der Waals surface area contributed by atoms with Crippen LogP contribution >= 0.6 is 11.6 Å². The molecular weight excluding hydrogens is 590 g/mol. The first-order valence-corrected chi connectivity index (χ1v) is 14.2. The average molecular weight is 622 g/mol. The topological polar surface area (TPSA) is 132 Å². The van der Waals surface area contributed by atoms with Gasteiger partial charge >= 0.3 is 6.03 Å². The summed E-state index contributed by atoms with van der Waals surface area (Å²) in [4.78, 5) is 52.3. The number of halogens is 1. The first-order valence-electron chi connectivity index (χ1n) is 13.8. The maximum Gasteiger partial charge on any atom is 0.335 e. The number of urea groups is 1. The van der Waals surface area contributed by atoms with Gasteiger partial charge in [-0.25, -0.2) is 9.69 Å². The summed E-state index contributed by atoms with van der Waals surface area (Å²) >= 11 is 6.52. The second-order valence-electron chi connectivity index (χ2n) is 9.61. The van der Waals surface area contributed by atoms with Crippen LogP contribution in [0.5, 0.6) is 23.0 Å². The van der Waals surface area contributed by atoms with Crippen LogP contribution in [-0.2, 0) is 14.4 Å². The molecule has 0 atom stereocenters. The molecule has 2 N–H and O–H groups in total. The number of hydrogen-bond acceptors (Lipinski definition) is 8. The number of methoxy groups -OCH3 is 1. The zero-order valence-corrected chi connectivity index (χ0v) is 25.4. The number of benzene rings is 3. The van der Waals surface area contributed by atoms with E-state index in [1.807, 2.05) is 32.0 Å². The van der Waals surface area contributed by atoms with Crippen LogP contribution in [0.15, 0.2) is 60.2 Å². The summed E-state index contributed by atoms with van der Waals surface area (Å²) in [5.41, 5.74) is 1.79. The molecule has 12 heteroatoms. The standard InChI is InChI=1S/C32H32ClN3O8/c1-5-12-43-25-11-10-22(17-26(25)41-4)36-31(39)23(30(38)35-32(36)40)14-20-15-24(33)29(27(16-20)42-6-2)44-18-28(37)34-21-9-7-8-19(3)13-21/h7-11,13-17H,5-6,12,18H2,1-4H3,(H,34,37)(H,35,38,40)/b23-14-. The van der Waals surface area contributed by atoms with Crippen molar-refractivity contribution in [3.63, 3.8) is 0 Å². The van der Waals surface area contributed by atoms with Gasteiger partial charge in [0.05, 0.1) is 31.0 Å². The third-order valence-electron chi connectivity index (χ3n) is 6.26. The molecule has 1 heterocycles. The fraction of sp³-hybridized carbons (Fsp3) is 0.250. The van der Waals surface area contributed by atoms with Crippen molar-refractivity contribution < 1.29 is 38.1 Å². The normalized spacial score (nSPS) is 13.9. The zero-order chi connectivity index (χ0) is 31.8. The molecule has 1 fully saturated rings. The van der Waals surface area contributed by atoms with E-state index in [2.05, 4.69) is 10.6 Å². The Kier molecular flexibility index (Phi) is 10.5. The van der Waals surface area contributed by atoms with Gasteiger partial charge in [0, 0.05) is 11.8 Å². The smallest absolute Gasteiger partial charge is 0.335 e. The highest BCUT2D eigenvalue weighted by molar-refractivity contribution is 6.39. The number of anilines is 2. The minimum atomic E-state index is -0.915. The molecular formula is C32H32ClN3O8. The molecule has 1 aliphatic heterocycles. The van der Waals surface area contributed by atoms with Crippen molar-refractivity contribution in [3.8, 4) is 23.0 Å². The Labute approximate surface area is 259 Å². The van der Waals surface area contributed by atoms with E-state index in [0.29, 0.717) is 29.4 Å². The van der Waals surface area contributed by atoms with Crippen molar-refractivity contribution in [1.29, 1.82) is 0 Å². The molecule has 0 spiro atoms. The molecule has 3 aromatic rings. The maximum atomic E-state index is 13.5. The SMILES string of the molecule is CCCOc1ccc(N2C(=O)NC(=O)/C(=C/c3cc(Cl)c(OCC(=O)Nc4cccc(C)c4)c(OCC)c3)C2=O)cc1OC. The molecule has 3 aromatic carbocycles. The van der Waals surface area contributed by atoms with E-state index in [-0.39, 0.29) is 41.0 Å². The molecule has 230 valence electrons. The number of rotatable bonds is 12. The fourth-order valence-electron chi connectivity index (χ4n) is 4.32. The third-order valence-corrected chi connectivity index (χ3v) is 6.54. The first-order chi connectivity index (χ1) is 21.1. The van der Waals surface area contributed by atoms with Crippen LogP contribution in [0.25, 0.3) is 6.08 Å². The van der Waals surface area contributed by atoms with Crippen molar-refractivity contribution in [3.05, 3.63) is 76.3 Å². The molecule has 5 amide bonds. The van der Waals surface area contributed by atoms with E-state index >= 15 is 0 Å². The van der Waals surface area contributed by atoms with Crippen molar-refractivity contribution in [1.82, 2.24) is 5.32 Å². The van der Waals surface area contributed by atoms with Crippen LogP contribution in [0.4, 0.5) is 16.2 Å². The molecule has 0 radical (unpaired) electrons. The summed E-state index contributed by atoms with van der Waals surface area (Å²) in [6.07, 6.45) is 2.06. The van der Waals surface area contributed by atoms with Gasteiger partial charge in [-0.15, -0.1) is 0 Å². The van der Waals surface area contributed by atoms with Gasteiger partial charge in [0.15, 0.2) is 29.6 Å². The summed E-state index contributed by atoms with van der Waals surface area (Å²) in [6, 6.07) is 13.9. The predicted molar refractivity (Wildman–Crippen MR) is 166 cm³/mol. The fourth-order valence-corrected chi connectivity index (χ4v) is 4.59.